The van der Waals surface area contributed by atoms with Gasteiger partial charge in [0.1, 0.15) is 42.8 Å². The van der Waals surface area contributed by atoms with Gasteiger partial charge in [0.2, 0.25) is 17.7 Å². The van der Waals surface area contributed by atoms with E-state index in [-0.39, 0.29) is 101 Å². The molecule has 2 saturated carbocycles. The van der Waals surface area contributed by atoms with Crippen LogP contribution in [0.2, 0.25) is 0 Å². The first kappa shape index (κ1) is 73.5. The number of benzene rings is 2. The summed E-state index contributed by atoms with van der Waals surface area (Å²) < 4.78 is 80.3. The van der Waals surface area contributed by atoms with Gasteiger partial charge in [0.05, 0.1) is 64.6 Å². The standard InChI is InChI=1S/C68H99N3O21/c1-9-51-35-52(53(76)26-19-28-69-57(77)27-30-80-32-33-81-31-29-70-65(78)59(84-39-50-24-17-12-18-25-50)41(2)37-82-38-49-22-15-11-16-23-49)36-54(61(51)92-68-64(87-47(8)75)60(86-46(7)74)42(3)43(4)85-68)89-67-58(71-44(5)72)63-62(56(90-67)40-83-45(6)73)91-66(79)55(88-63)34-48-20-13-10-14-21-48/h11-12,15-18,22-25,41-43,48,51-52,54-56,58-64,67-68H,9-10,13-14,19-21,26-40H2,1-8H3,(H,69,77)(H,70,78)(H,71,72)/t41-,42-,43?,51?,52?,54-,55-,56+,58?,59+,60+,61-,62+,63?,64?,67-,68+/m1/s1. The van der Waals surface area contributed by atoms with E-state index in [1.165, 1.54) is 27.7 Å². The van der Waals surface area contributed by atoms with E-state index in [4.69, 9.17) is 61.6 Å². The molecule has 0 aromatic heterocycles. The Hall–Kier alpha value is -5.96. The summed E-state index contributed by atoms with van der Waals surface area (Å²) in [6, 6.07) is 18.4. The summed E-state index contributed by atoms with van der Waals surface area (Å²) in [6.45, 7) is 14.5. The normalized spacial score (nSPS) is 28.9. The molecule has 24 nitrogen and oxygen atoms in total. The molecular weight excluding hydrogens is 1190 g/mol. The van der Waals surface area contributed by atoms with Gasteiger partial charge in [-0.1, -0.05) is 120 Å². The summed E-state index contributed by atoms with van der Waals surface area (Å²) in [7, 11) is 0. The molecule has 0 spiro atoms. The Morgan fingerprint density at radius 3 is 2.01 bits per heavy atom. The molecule has 3 heterocycles. The number of ether oxygens (including phenoxy) is 13. The number of carbonyl (C=O) groups excluding carboxylic acids is 8. The van der Waals surface area contributed by atoms with Crippen LogP contribution in [0.15, 0.2) is 60.7 Å². The van der Waals surface area contributed by atoms with Gasteiger partial charge in [-0.05, 0) is 55.6 Å². The average Bonchev–Trinajstić information content (AvgIpc) is 0.931. The topological polar surface area (TPSA) is 293 Å². The number of carbonyl (C=O) groups is 8. The summed E-state index contributed by atoms with van der Waals surface area (Å²) in [6.07, 6.45) is -5.33. The number of rotatable bonds is 35. The van der Waals surface area contributed by atoms with E-state index in [9.17, 15) is 38.4 Å². The average molecular weight is 1290 g/mol. The molecule has 6 unspecified atom stereocenters. The maximum Gasteiger partial charge on any atom is 0.335 e. The Kier molecular flexibility index (Phi) is 30.2. The number of nitrogens with one attached hydrogen (secondary N) is 3. The van der Waals surface area contributed by atoms with Crippen LogP contribution in [0, 0.1) is 29.6 Å². The van der Waals surface area contributed by atoms with Crippen LogP contribution in [0.5, 0.6) is 0 Å². The summed E-state index contributed by atoms with van der Waals surface area (Å²) in [5.74, 6) is -4.96. The van der Waals surface area contributed by atoms with E-state index in [0.29, 0.717) is 38.9 Å². The van der Waals surface area contributed by atoms with Crippen LogP contribution < -0.4 is 16.0 Å². The first-order valence-corrected chi connectivity index (χ1v) is 33.0. The summed E-state index contributed by atoms with van der Waals surface area (Å²) >= 11 is 0. The smallest absolute Gasteiger partial charge is 0.335 e. The number of amides is 3. The molecule has 3 aliphatic heterocycles. The van der Waals surface area contributed by atoms with Crippen LogP contribution >= 0.6 is 0 Å². The number of hydrogen-bond acceptors (Lipinski definition) is 21. The summed E-state index contributed by atoms with van der Waals surface area (Å²) in [5, 5.41) is 8.74. The molecular formula is C68H99N3O21. The molecule has 2 aliphatic carbocycles. The predicted octanol–water partition coefficient (Wildman–Crippen LogP) is 6.32. The number of Topliss-reactive ketones (excluding diaryl/α,β-unsaturated/α-hetero) is 1. The Morgan fingerprint density at radius 1 is 0.674 bits per heavy atom. The molecule has 5 aliphatic rings. The highest BCUT2D eigenvalue weighted by Crippen LogP contribution is 2.43. The van der Waals surface area contributed by atoms with Gasteiger partial charge in [0, 0.05) is 71.4 Å². The number of hydrogen-bond donors (Lipinski definition) is 3. The fraction of sp³-hybridized carbons (Fsp3) is 0.706. The Balaban J connectivity index is 0.935. The SMILES string of the molecule is CCC1CC(C(=O)CCCNC(=O)CCOCCOCCNC(=O)[C@@H](OCc2ccccc2)[C@H](C)COCc2ccccc2)C[C@@H](O[C@@H]2O[C@@H](COC(C)=O)[C@@H]3OC(=O)[C@@H](CC4CCCCC4)OC3C2NC(C)=O)[C@@H]1O[C@@H]1OC(C)[C@@H](C)[C@H](OC(C)=O)C1OC(C)=O. The Morgan fingerprint density at radius 2 is 1.35 bits per heavy atom. The van der Waals surface area contributed by atoms with Crippen molar-refractivity contribution >= 4 is 47.4 Å². The molecule has 2 aromatic rings. The molecule has 17 atom stereocenters. The van der Waals surface area contributed by atoms with Gasteiger partial charge < -0.3 is 77.5 Å². The fourth-order valence-electron chi connectivity index (χ4n) is 12.8. The zero-order chi connectivity index (χ0) is 66.1. The second kappa shape index (κ2) is 37.8. The maximum atomic E-state index is 14.4. The molecule has 24 heteroatoms. The lowest BCUT2D eigenvalue weighted by molar-refractivity contribution is -0.340. The third kappa shape index (κ3) is 22.9. The third-order valence-corrected chi connectivity index (χ3v) is 17.7. The highest BCUT2D eigenvalue weighted by atomic mass is 16.7. The Labute approximate surface area is 540 Å². The van der Waals surface area contributed by atoms with Gasteiger partial charge >= 0.3 is 23.9 Å². The molecule has 0 bridgehead atoms. The molecule has 3 amide bonds. The van der Waals surface area contributed by atoms with Crippen molar-refractivity contribution in [2.45, 2.75) is 225 Å². The maximum absolute atomic E-state index is 14.4. The van der Waals surface area contributed by atoms with Crippen LogP contribution in [0.25, 0.3) is 0 Å². The largest absolute Gasteiger partial charge is 0.463 e. The lowest BCUT2D eigenvalue weighted by Gasteiger charge is -2.51. The number of esters is 4. The zero-order valence-electron chi connectivity index (χ0n) is 54.8. The van der Waals surface area contributed by atoms with Crippen LogP contribution in [0.1, 0.15) is 144 Å². The molecule has 512 valence electrons. The molecule has 5 fully saturated rings. The second-order valence-corrected chi connectivity index (χ2v) is 25.0. The monoisotopic (exact) mass is 1290 g/mol. The highest BCUT2D eigenvalue weighted by Gasteiger charge is 2.57. The molecule has 3 saturated heterocycles. The van der Waals surface area contributed by atoms with E-state index in [0.717, 1.165) is 43.2 Å². The van der Waals surface area contributed by atoms with Gasteiger partial charge in [0.25, 0.3) is 0 Å². The van der Waals surface area contributed by atoms with Gasteiger partial charge in [-0.25, -0.2) is 4.79 Å². The van der Waals surface area contributed by atoms with E-state index >= 15 is 0 Å². The lowest BCUT2D eigenvalue weighted by Crippen LogP contribution is -2.70. The van der Waals surface area contributed by atoms with Crippen molar-refractivity contribution < 1.29 is 99.9 Å². The van der Waals surface area contributed by atoms with E-state index in [2.05, 4.69) is 16.0 Å². The molecule has 2 aromatic carbocycles. The van der Waals surface area contributed by atoms with Crippen LogP contribution in [0.3, 0.4) is 0 Å². The van der Waals surface area contributed by atoms with Crippen molar-refractivity contribution in [3.8, 4) is 0 Å². The third-order valence-electron chi connectivity index (χ3n) is 17.7. The quantitative estimate of drug-likeness (QED) is 0.0386. The molecule has 0 radical (unpaired) electrons. The van der Waals surface area contributed by atoms with Gasteiger partial charge in [-0.3, -0.25) is 33.6 Å². The summed E-state index contributed by atoms with van der Waals surface area (Å²) in [5.41, 5.74) is 1.98. The summed E-state index contributed by atoms with van der Waals surface area (Å²) in [4.78, 5) is 105. The first-order valence-electron chi connectivity index (χ1n) is 33.0. The fourth-order valence-corrected chi connectivity index (χ4v) is 12.8. The van der Waals surface area contributed by atoms with Crippen molar-refractivity contribution in [3.63, 3.8) is 0 Å². The van der Waals surface area contributed by atoms with Crippen LogP contribution in [0.4, 0.5) is 0 Å². The lowest BCUT2D eigenvalue weighted by atomic mass is 9.74. The molecule has 7 rings (SSSR count). The van der Waals surface area contributed by atoms with E-state index in [1.807, 2.05) is 81.4 Å². The minimum absolute atomic E-state index is 0.0753. The van der Waals surface area contributed by atoms with Crippen molar-refractivity contribution in [1.29, 1.82) is 0 Å². The second-order valence-electron chi connectivity index (χ2n) is 25.0. The van der Waals surface area contributed by atoms with E-state index in [1.54, 1.807) is 6.92 Å². The Bertz CT molecular complexity index is 2650. The van der Waals surface area contributed by atoms with Crippen LogP contribution in [-0.2, 0) is 113 Å². The van der Waals surface area contributed by atoms with E-state index < -0.39 is 127 Å². The van der Waals surface area contributed by atoms with Gasteiger partial charge in [-0.15, -0.1) is 0 Å². The van der Waals surface area contributed by atoms with Gasteiger partial charge in [-0.2, -0.15) is 0 Å². The highest BCUT2D eigenvalue weighted by molar-refractivity contribution is 5.82. The minimum atomic E-state index is -1.36. The predicted molar refractivity (Wildman–Crippen MR) is 330 cm³/mol. The van der Waals surface area contributed by atoms with Crippen molar-refractivity contribution in [3.05, 3.63) is 71.8 Å². The molecule has 92 heavy (non-hydrogen) atoms. The van der Waals surface area contributed by atoms with Crippen molar-refractivity contribution in [2.24, 2.45) is 29.6 Å². The number of fused-ring (bicyclic) bond motifs is 1. The van der Waals surface area contributed by atoms with Gasteiger partial charge in [0.15, 0.2) is 30.9 Å². The first-order chi connectivity index (χ1) is 44.3. The number of ketones is 1. The van der Waals surface area contributed by atoms with Crippen molar-refractivity contribution in [2.75, 3.05) is 52.7 Å². The van der Waals surface area contributed by atoms with Crippen LogP contribution in [-0.4, -0.2) is 180 Å². The van der Waals surface area contributed by atoms with Crippen molar-refractivity contribution in [1.82, 2.24) is 16.0 Å². The molecule has 3 N–H and O–H groups in total. The zero-order valence-corrected chi connectivity index (χ0v) is 54.8. The minimum Gasteiger partial charge on any atom is -0.463 e.